The first-order valence-electron chi connectivity index (χ1n) is 11.1. The average Bonchev–Trinajstić information content (AvgIpc) is 2.72. The van der Waals surface area contributed by atoms with Crippen LogP contribution in [0.3, 0.4) is 0 Å². The number of morpholine rings is 2. The van der Waals surface area contributed by atoms with Crippen molar-refractivity contribution in [3.63, 3.8) is 0 Å². The molecule has 0 radical (unpaired) electrons. The van der Waals surface area contributed by atoms with Gasteiger partial charge in [-0.3, -0.25) is 4.90 Å². The minimum absolute atomic E-state index is 0.0466. The molecule has 0 aliphatic carbocycles. The molecule has 2 aliphatic heterocycles. The van der Waals surface area contributed by atoms with Crippen LogP contribution in [0.4, 0.5) is 10.5 Å². The standard InChI is InChI=1S/C23H38N4O3/c1-18-14-27(15-19(2)30-18)23(3,4)17-24-22(28)25(5)16-20-6-8-21(9-7-20)26-10-12-29-13-11-26/h6-9,18-19H,10-17H2,1-5H3,(H,24,28). The number of urea groups is 1. The third-order valence-electron chi connectivity index (χ3n) is 6.03. The Morgan fingerprint density at radius 1 is 1.13 bits per heavy atom. The largest absolute Gasteiger partial charge is 0.378 e. The van der Waals surface area contributed by atoms with Gasteiger partial charge in [-0.15, -0.1) is 0 Å². The Kier molecular flexibility index (Phi) is 7.60. The highest BCUT2D eigenvalue weighted by molar-refractivity contribution is 5.74. The predicted octanol–water partition coefficient (Wildman–Crippen LogP) is 2.55. The highest BCUT2D eigenvalue weighted by atomic mass is 16.5. The summed E-state index contributed by atoms with van der Waals surface area (Å²) in [6.07, 6.45) is 0.429. The van der Waals surface area contributed by atoms with Crippen LogP contribution in [0.5, 0.6) is 0 Å². The van der Waals surface area contributed by atoms with Crippen molar-refractivity contribution in [3.8, 4) is 0 Å². The molecule has 2 unspecified atom stereocenters. The van der Waals surface area contributed by atoms with Crippen LogP contribution in [0.25, 0.3) is 0 Å². The van der Waals surface area contributed by atoms with Crippen LogP contribution in [-0.2, 0) is 16.0 Å². The monoisotopic (exact) mass is 418 g/mol. The number of anilines is 1. The van der Waals surface area contributed by atoms with Gasteiger partial charge in [-0.2, -0.15) is 0 Å². The van der Waals surface area contributed by atoms with Gasteiger partial charge in [0.2, 0.25) is 0 Å². The van der Waals surface area contributed by atoms with Crippen LogP contribution in [0, 0.1) is 0 Å². The van der Waals surface area contributed by atoms with Crippen LogP contribution in [0.15, 0.2) is 24.3 Å². The fourth-order valence-electron chi connectivity index (χ4n) is 4.19. The summed E-state index contributed by atoms with van der Waals surface area (Å²) >= 11 is 0. The van der Waals surface area contributed by atoms with Gasteiger partial charge in [0.05, 0.1) is 25.4 Å². The molecule has 7 heteroatoms. The van der Waals surface area contributed by atoms with Crippen LogP contribution < -0.4 is 10.2 Å². The molecule has 1 aromatic rings. The lowest BCUT2D eigenvalue weighted by molar-refractivity contribution is -0.0948. The van der Waals surface area contributed by atoms with Crippen molar-refractivity contribution >= 4 is 11.7 Å². The Hall–Kier alpha value is -1.83. The van der Waals surface area contributed by atoms with Crippen molar-refractivity contribution in [2.24, 2.45) is 0 Å². The second-order valence-electron chi connectivity index (χ2n) is 9.26. The minimum atomic E-state index is -0.122. The molecule has 2 atom stereocenters. The van der Waals surface area contributed by atoms with Crippen molar-refractivity contribution < 1.29 is 14.3 Å². The zero-order valence-electron chi connectivity index (χ0n) is 19.2. The normalized spacial score (nSPS) is 23.3. The molecule has 30 heavy (non-hydrogen) atoms. The van der Waals surface area contributed by atoms with Gasteiger partial charge in [0.1, 0.15) is 0 Å². The van der Waals surface area contributed by atoms with Gasteiger partial charge in [0.15, 0.2) is 0 Å². The van der Waals surface area contributed by atoms with E-state index >= 15 is 0 Å². The number of rotatable bonds is 6. The number of hydrogen-bond donors (Lipinski definition) is 1. The summed E-state index contributed by atoms with van der Waals surface area (Å²) in [6.45, 7) is 15.0. The molecule has 168 valence electrons. The molecule has 2 aliphatic rings. The van der Waals surface area contributed by atoms with E-state index in [0.717, 1.165) is 45.0 Å². The quantitative estimate of drug-likeness (QED) is 0.770. The second kappa shape index (κ2) is 9.98. The molecule has 2 fully saturated rings. The maximum Gasteiger partial charge on any atom is 0.317 e. The number of benzene rings is 1. The summed E-state index contributed by atoms with van der Waals surface area (Å²) < 4.78 is 11.3. The Balaban J connectivity index is 1.48. The summed E-state index contributed by atoms with van der Waals surface area (Å²) in [5.74, 6) is 0. The van der Waals surface area contributed by atoms with Gasteiger partial charge < -0.3 is 24.6 Å². The molecule has 3 rings (SSSR count). The molecule has 1 aromatic carbocycles. The third kappa shape index (κ3) is 6.09. The molecule has 0 spiro atoms. The van der Waals surface area contributed by atoms with Gasteiger partial charge in [-0.05, 0) is 45.4 Å². The molecule has 2 amide bonds. The van der Waals surface area contributed by atoms with Crippen molar-refractivity contribution in [1.82, 2.24) is 15.1 Å². The van der Waals surface area contributed by atoms with Gasteiger partial charge in [0.25, 0.3) is 0 Å². The molecule has 0 bridgehead atoms. The minimum Gasteiger partial charge on any atom is -0.378 e. The molecule has 2 saturated heterocycles. The lowest BCUT2D eigenvalue weighted by atomic mass is 10.00. The number of nitrogens with one attached hydrogen (secondary N) is 1. The average molecular weight is 419 g/mol. The van der Waals surface area contributed by atoms with Gasteiger partial charge in [-0.25, -0.2) is 4.79 Å². The number of nitrogens with zero attached hydrogens (tertiary/aromatic N) is 3. The number of hydrogen-bond acceptors (Lipinski definition) is 5. The zero-order valence-corrected chi connectivity index (χ0v) is 19.2. The van der Waals surface area contributed by atoms with Crippen LogP contribution in [0.1, 0.15) is 33.3 Å². The fourth-order valence-corrected chi connectivity index (χ4v) is 4.19. The summed E-state index contributed by atoms with van der Waals surface area (Å²) in [5.41, 5.74) is 2.22. The van der Waals surface area contributed by atoms with E-state index in [2.05, 4.69) is 67.1 Å². The molecule has 7 nitrogen and oxygen atoms in total. The number of carbonyl (C=O) groups is 1. The summed E-state index contributed by atoms with van der Waals surface area (Å²) in [5, 5.41) is 3.12. The van der Waals surface area contributed by atoms with Gasteiger partial charge >= 0.3 is 6.03 Å². The number of amides is 2. The van der Waals surface area contributed by atoms with Crippen LogP contribution in [0.2, 0.25) is 0 Å². The smallest absolute Gasteiger partial charge is 0.317 e. The lowest BCUT2D eigenvalue weighted by Crippen LogP contribution is -2.59. The van der Waals surface area contributed by atoms with Crippen LogP contribution in [-0.4, -0.2) is 86.6 Å². The van der Waals surface area contributed by atoms with Crippen LogP contribution >= 0.6 is 0 Å². The first kappa shape index (κ1) is 22.8. The first-order chi connectivity index (χ1) is 14.2. The Bertz CT molecular complexity index is 678. The summed E-state index contributed by atoms with van der Waals surface area (Å²) in [7, 11) is 1.84. The van der Waals surface area contributed by atoms with E-state index < -0.39 is 0 Å². The van der Waals surface area contributed by atoms with E-state index in [1.165, 1.54) is 5.69 Å². The summed E-state index contributed by atoms with van der Waals surface area (Å²) in [4.78, 5) is 19.2. The van der Waals surface area contributed by atoms with Crippen molar-refractivity contribution in [2.75, 3.05) is 57.9 Å². The number of carbonyl (C=O) groups excluding carboxylic acids is 1. The topological polar surface area (TPSA) is 57.3 Å². The number of ether oxygens (including phenoxy) is 2. The molecular weight excluding hydrogens is 380 g/mol. The Labute approximate surface area is 181 Å². The first-order valence-corrected chi connectivity index (χ1v) is 11.1. The van der Waals surface area contributed by atoms with E-state index in [1.807, 2.05) is 7.05 Å². The van der Waals surface area contributed by atoms with Crippen molar-refractivity contribution in [2.45, 2.75) is 52.0 Å². The Morgan fingerprint density at radius 3 is 2.33 bits per heavy atom. The maximum absolute atomic E-state index is 12.7. The highest BCUT2D eigenvalue weighted by Gasteiger charge is 2.33. The molecule has 1 N–H and O–H groups in total. The predicted molar refractivity (Wildman–Crippen MR) is 120 cm³/mol. The van der Waals surface area contributed by atoms with Crippen molar-refractivity contribution in [1.29, 1.82) is 0 Å². The highest BCUT2D eigenvalue weighted by Crippen LogP contribution is 2.21. The van der Waals surface area contributed by atoms with Crippen molar-refractivity contribution in [3.05, 3.63) is 29.8 Å². The maximum atomic E-state index is 12.7. The van der Waals surface area contributed by atoms with Gasteiger partial charge in [-0.1, -0.05) is 12.1 Å². The fraction of sp³-hybridized carbons (Fsp3) is 0.696. The van der Waals surface area contributed by atoms with E-state index in [0.29, 0.717) is 13.1 Å². The molecular formula is C23H38N4O3. The summed E-state index contributed by atoms with van der Waals surface area (Å²) in [6, 6.07) is 8.44. The molecule has 0 aromatic heterocycles. The molecule has 2 heterocycles. The lowest BCUT2D eigenvalue weighted by Gasteiger charge is -2.45. The van der Waals surface area contributed by atoms with Gasteiger partial charge in [0, 0.05) is 57.5 Å². The molecule has 0 saturated carbocycles. The third-order valence-corrected chi connectivity index (χ3v) is 6.03. The van der Waals surface area contributed by atoms with E-state index in [9.17, 15) is 4.79 Å². The van der Waals surface area contributed by atoms with E-state index in [4.69, 9.17) is 9.47 Å². The SMILES string of the molecule is CC1CN(C(C)(C)CNC(=O)N(C)Cc2ccc(N3CCOCC3)cc2)CC(C)O1. The second-order valence-corrected chi connectivity index (χ2v) is 9.26. The zero-order chi connectivity index (χ0) is 21.7. The van der Waals surface area contributed by atoms with E-state index in [-0.39, 0.29) is 23.8 Å². The van der Waals surface area contributed by atoms with E-state index in [1.54, 1.807) is 4.90 Å². The Morgan fingerprint density at radius 2 is 1.73 bits per heavy atom.